The summed E-state index contributed by atoms with van der Waals surface area (Å²) < 4.78 is 0. The minimum Gasteiger partial charge on any atom is -0.384 e. The number of allylic oxidation sites excluding steroid dienone is 1. The molecule has 0 bridgehead atoms. The summed E-state index contributed by atoms with van der Waals surface area (Å²) in [5, 5.41) is 17.3. The first-order chi connectivity index (χ1) is 8.04. The van der Waals surface area contributed by atoms with Gasteiger partial charge >= 0.3 is 0 Å². The van der Waals surface area contributed by atoms with E-state index >= 15 is 0 Å². The summed E-state index contributed by atoms with van der Waals surface area (Å²) >= 11 is 0. The van der Waals surface area contributed by atoms with Gasteiger partial charge in [0, 0.05) is 18.2 Å². The Kier molecular flexibility index (Phi) is 4.16. The molecule has 5 heteroatoms. The first kappa shape index (κ1) is 12.6. The summed E-state index contributed by atoms with van der Waals surface area (Å²) in [6.45, 7) is 0. The molecule has 1 aromatic carbocycles. The van der Waals surface area contributed by atoms with Crippen LogP contribution in [0.25, 0.3) is 0 Å². The van der Waals surface area contributed by atoms with Crippen LogP contribution in [0.3, 0.4) is 0 Å². The molecular formula is C12H14N4O. The third kappa shape index (κ3) is 3.57. The fourth-order valence-corrected chi connectivity index (χ4v) is 1.24. The van der Waals surface area contributed by atoms with E-state index < -0.39 is 0 Å². The highest BCUT2D eigenvalue weighted by Crippen LogP contribution is 2.06. The minimum absolute atomic E-state index is 0.114. The lowest BCUT2D eigenvalue weighted by Gasteiger charge is -2.03. The van der Waals surface area contributed by atoms with Gasteiger partial charge in [0.1, 0.15) is 5.84 Å². The highest BCUT2D eigenvalue weighted by molar-refractivity contribution is 6.10. The molecule has 0 saturated carbocycles. The van der Waals surface area contributed by atoms with Crippen LogP contribution in [-0.4, -0.2) is 24.5 Å². The molecule has 0 heterocycles. The molecule has 0 atom stereocenters. The average Bonchev–Trinajstić information content (AvgIpc) is 2.35. The maximum absolute atomic E-state index is 11.4. The first-order valence-electron chi connectivity index (χ1n) is 4.97. The van der Waals surface area contributed by atoms with E-state index in [2.05, 4.69) is 5.32 Å². The van der Waals surface area contributed by atoms with Crippen molar-refractivity contribution in [1.82, 2.24) is 5.32 Å². The van der Waals surface area contributed by atoms with Crippen LogP contribution in [0.1, 0.15) is 15.9 Å². The van der Waals surface area contributed by atoms with Crippen LogP contribution >= 0.6 is 0 Å². The lowest BCUT2D eigenvalue weighted by molar-refractivity contribution is 0.0963. The Morgan fingerprint density at radius 1 is 1.29 bits per heavy atom. The second kappa shape index (κ2) is 5.60. The van der Waals surface area contributed by atoms with Crippen LogP contribution in [0, 0.1) is 10.8 Å². The summed E-state index contributed by atoms with van der Waals surface area (Å²) in [5.41, 5.74) is 6.45. The van der Waals surface area contributed by atoms with Crippen LogP contribution in [-0.2, 0) is 0 Å². The predicted molar refractivity (Wildman–Crippen MR) is 67.7 cm³/mol. The molecule has 5 N–H and O–H groups in total. The molecule has 0 aliphatic carbocycles. The summed E-state index contributed by atoms with van der Waals surface area (Å²) in [7, 11) is 1.55. The monoisotopic (exact) mass is 230 g/mol. The molecule has 1 aromatic rings. The van der Waals surface area contributed by atoms with Crippen LogP contribution in [0.15, 0.2) is 36.4 Å². The van der Waals surface area contributed by atoms with Crippen LogP contribution < -0.4 is 11.1 Å². The van der Waals surface area contributed by atoms with E-state index in [0.717, 1.165) is 0 Å². The molecule has 0 aliphatic rings. The smallest absolute Gasteiger partial charge is 0.251 e. The van der Waals surface area contributed by atoms with Crippen LogP contribution in [0.5, 0.6) is 0 Å². The van der Waals surface area contributed by atoms with Crippen molar-refractivity contribution < 1.29 is 4.79 Å². The molecule has 0 fully saturated rings. The first-order valence-corrected chi connectivity index (χ1v) is 4.97. The van der Waals surface area contributed by atoms with E-state index in [0.29, 0.717) is 11.1 Å². The van der Waals surface area contributed by atoms with E-state index in [1.165, 1.54) is 12.2 Å². The molecule has 0 spiro atoms. The maximum atomic E-state index is 11.4. The van der Waals surface area contributed by atoms with Gasteiger partial charge in [-0.1, -0.05) is 12.1 Å². The Bertz CT molecular complexity index is 491. The number of hydrogen-bond acceptors (Lipinski definition) is 3. The van der Waals surface area contributed by atoms with Crippen molar-refractivity contribution in [2.45, 2.75) is 0 Å². The maximum Gasteiger partial charge on any atom is 0.251 e. The largest absolute Gasteiger partial charge is 0.384 e. The Balaban J connectivity index is 2.96. The fourth-order valence-electron chi connectivity index (χ4n) is 1.24. The van der Waals surface area contributed by atoms with E-state index in [1.54, 1.807) is 31.3 Å². The average molecular weight is 230 g/mol. The van der Waals surface area contributed by atoms with E-state index in [1.807, 2.05) is 0 Å². The SMILES string of the molecule is CNC(=O)c1cccc(C(=N)/C=C\C(=N)N)c1. The van der Waals surface area contributed by atoms with Crippen molar-refractivity contribution in [3.8, 4) is 0 Å². The molecule has 17 heavy (non-hydrogen) atoms. The number of rotatable bonds is 4. The number of carbonyl (C=O) groups is 1. The molecule has 1 rings (SSSR count). The summed E-state index contributed by atoms with van der Waals surface area (Å²) in [6.07, 6.45) is 2.75. The zero-order chi connectivity index (χ0) is 12.8. The lowest BCUT2D eigenvalue weighted by Crippen LogP contribution is -2.18. The van der Waals surface area contributed by atoms with Gasteiger partial charge in [-0.2, -0.15) is 0 Å². The zero-order valence-corrected chi connectivity index (χ0v) is 9.45. The quantitative estimate of drug-likeness (QED) is 0.456. The number of carbonyl (C=O) groups excluding carboxylic acids is 1. The van der Waals surface area contributed by atoms with Gasteiger partial charge in [0.2, 0.25) is 0 Å². The van der Waals surface area contributed by atoms with Crippen molar-refractivity contribution in [3.63, 3.8) is 0 Å². The van der Waals surface area contributed by atoms with E-state index in [-0.39, 0.29) is 17.5 Å². The van der Waals surface area contributed by atoms with E-state index in [9.17, 15) is 4.79 Å². The molecule has 0 aliphatic heterocycles. The molecule has 5 nitrogen and oxygen atoms in total. The van der Waals surface area contributed by atoms with Crippen LogP contribution in [0.2, 0.25) is 0 Å². The topological polar surface area (TPSA) is 103 Å². The highest BCUT2D eigenvalue weighted by atomic mass is 16.1. The number of amidine groups is 1. The number of hydrogen-bond donors (Lipinski definition) is 4. The third-order valence-corrected chi connectivity index (χ3v) is 2.09. The standard InChI is InChI=1S/C12H14N4O/c1-16-12(17)9-4-2-3-8(7-9)10(13)5-6-11(14)15/h2-7,13H,1H3,(H3,14,15)(H,16,17)/b6-5-,13-10?. The van der Waals surface area contributed by atoms with Crippen molar-refractivity contribution in [3.05, 3.63) is 47.5 Å². The molecule has 1 amide bonds. The molecule has 0 aromatic heterocycles. The third-order valence-electron chi connectivity index (χ3n) is 2.09. The molecule has 88 valence electrons. The Hall–Kier alpha value is -2.43. The number of nitrogens with one attached hydrogen (secondary N) is 3. The van der Waals surface area contributed by atoms with Crippen LogP contribution in [0.4, 0.5) is 0 Å². The van der Waals surface area contributed by atoms with Gasteiger partial charge in [0.25, 0.3) is 5.91 Å². The second-order valence-corrected chi connectivity index (χ2v) is 3.36. The summed E-state index contributed by atoms with van der Waals surface area (Å²) in [6, 6.07) is 6.71. The minimum atomic E-state index is -0.199. The van der Waals surface area contributed by atoms with Gasteiger partial charge in [0.05, 0.1) is 5.71 Å². The Morgan fingerprint density at radius 3 is 2.53 bits per heavy atom. The second-order valence-electron chi connectivity index (χ2n) is 3.36. The number of benzene rings is 1. The number of nitrogens with two attached hydrogens (primary N) is 1. The van der Waals surface area contributed by atoms with Gasteiger partial charge in [-0.3, -0.25) is 10.2 Å². The van der Waals surface area contributed by atoms with Gasteiger partial charge in [-0.05, 0) is 24.3 Å². The van der Waals surface area contributed by atoms with Gasteiger partial charge < -0.3 is 16.5 Å². The zero-order valence-electron chi connectivity index (χ0n) is 9.45. The normalized spacial score (nSPS) is 10.2. The van der Waals surface area contributed by atoms with Crippen molar-refractivity contribution in [2.75, 3.05) is 7.05 Å². The molecular weight excluding hydrogens is 216 g/mol. The summed E-state index contributed by atoms with van der Waals surface area (Å²) in [5.74, 6) is -0.313. The Labute approximate surface area is 99.4 Å². The predicted octanol–water partition coefficient (Wildman–Crippen LogP) is 0.906. The van der Waals surface area contributed by atoms with Gasteiger partial charge in [-0.15, -0.1) is 0 Å². The van der Waals surface area contributed by atoms with Crippen molar-refractivity contribution in [2.24, 2.45) is 5.73 Å². The number of amides is 1. The van der Waals surface area contributed by atoms with Gasteiger partial charge in [-0.25, -0.2) is 0 Å². The molecule has 0 radical (unpaired) electrons. The van der Waals surface area contributed by atoms with Crippen molar-refractivity contribution >= 4 is 17.5 Å². The molecule has 0 unspecified atom stereocenters. The lowest BCUT2D eigenvalue weighted by atomic mass is 10.1. The molecule has 0 saturated heterocycles. The highest BCUT2D eigenvalue weighted by Gasteiger charge is 2.05. The fraction of sp³-hybridized carbons (Fsp3) is 0.0833. The van der Waals surface area contributed by atoms with Crippen molar-refractivity contribution in [1.29, 1.82) is 10.8 Å². The van der Waals surface area contributed by atoms with Gasteiger partial charge in [0.15, 0.2) is 0 Å². The van der Waals surface area contributed by atoms with E-state index in [4.69, 9.17) is 16.6 Å². The Morgan fingerprint density at radius 2 is 1.94 bits per heavy atom. The summed E-state index contributed by atoms with van der Waals surface area (Å²) in [4.78, 5) is 11.4.